The fourth-order valence-corrected chi connectivity index (χ4v) is 2.50. The Hall–Kier alpha value is -2.54. The van der Waals surface area contributed by atoms with Crippen LogP contribution >= 0.6 is 0 Å². The van der Waals surface area contributed by atoms with Gasteiger partial charge in [0.25, 0.3) is 0 Å². The Labute approximate surface area is 138 Å². The largest absolute Gasteiger partial charge is 0.457 e. The second kappa shape index (κ2) is 6.29. The van der Waals surface area contributed by atoms with Crippen molar-refractivity contribution in [2.75, 3.05) is 0 Å². The fraction of sp³-hybridized carbons (Fsp3) is 0.182. The maximum Gasteiger partial charge on any atom is 0.135 e. The lowest BCUT2D eigenvalue weighted by molar-refractivity contribution is 0.483. The van der Waals surface area contributed by atoms with Gasteiger partial charge in [-0.15, -0.1) is 0 Å². The van der Waals surface area contributed by atoms with Gasteiger partial charge in [-0.05, 0) is 46.9 Å². The highest BCUT2D eigenvalue weighted by molar-refractivity contribution is 5.72. The van der Waals surface area contributed by atoms with Gasteiger partial charge in [-0.3, -0.25) is 0 Å². The summed E-state index contributed by atoms with van der Waals surface area (Å²) in [6.07, 6.45) is 0. The molecule has 0 aliphatic rings. The smallest absolute Gasteiger partial charge is 0.135 e. The summed E-state index contributed by atoms with van der Waals surface area (Å²) >= 11 is 0. The molecule has 1 nitrogen and oxygen atoms in total. The van der Waals surface area contributed by atoms with E-state index in [0.717, 1.165) is 22.6 Å². The predicted octanol–water partition coefficient (Wildman–Crippen LogP) is 6.24. The molecule has 0 spiro atoms. The number of rotatable bonds is 3. The lowest BCUT2D eigenvalue weighted by atomic mass is 9.85. The van der Waals surface area contributed by atoms with E-state index in [-0.39, 0.29) is 5.41 Å². The van der Waals surface area contributed by atoms with E-state index in [1.165, 1.54) is 5.56 Å². The predicted molar refractivity (Wildman–Crippen MR) is 95.9 cm³/mol. The van der Waals surface area contributed by atoms with Gasteiger partial charge >= 0.3 is 0 Å². The Morgan fingerprint density at radius 3 is 2.17 bits per heavy atom. The molecule has 0 saturated heterocycles. The van der Waals surface area contributed by atoms with E-state index < -0.39 is 0 Å². The molecule has 23 heavy (non-hydrogen) atoms. The van der Waals surface area contributed by atoms with Crippen molar-refractivity contribution in [3.05, 3.63) is 84.4 Å². The molecule has 0 aliphatic carbocycles. The summed E-state index contributed by atoms with van der Waals surface area (Å²) in [6, 6.07) is 27.4. The van der Waals surface area contributed by atoms with Crippen molar-refractivity contribution >= 4 is 0 Å². The first-order valence-corrected chi connectivity index (χ1v) is 7.88. The summed E-state index contributed by atoms with van der Waals surface area (Å²) < 4.78 is 6.11. The first-order chi connectivity index (χ1) is 11.0. The van der Waals surface area contributed by atoms with Gasteiger partial charge in [-0.25, -0.2) is 0 Å². The molecule has 3 rings (SSSR count). The third-order valence-corrected chi connectivity index (χ3v) is 3.85. The molecule has 0 saturated carbocycles. The maximum atomic E-state index is 6.11. The van der Waals surface area contributed by atoms with Crippen molar-refractivity contribution < 1.29 is 4.74 Å². The molecule has 3 aromatic rings. The molecule has 1 radical (unpaired) electrons. The highest BCUT2D eigenvalue weighted by atomic mass is 16.5. The summed E-state index contributed by atoms with van der Waals surface area (Å²) in [5.41, 5.74) is 3.68. The number of ether oxygens (including phenoxy) is 1. The first-order valence-electron chi connectivity index (χ1n) is 7.88. The van der Waals surface area contributed by atoms with Gasteiger partial charge in [0.1, 0.15) is 11.5 Å². The minimum Gasteiger partial charge on any atom is -0.457 e. The van der Waals surface area contributed by atoms with Crippen LogP contribution in [0.2, 0.25) is 0 Å². The van der Waals surface area contributed by atoms with Gasteiger partial charge in [0.05, 0.1) is 0 Å². The highest BCUT2D eigenvalue weighted by Crippen LogP contribution is 2.36. The van der Waals surface area contributed by atoms with Gasteiger partial charge < -0.3 is 4.74 Å². The van der Waals surface area contributed by atoms with Gasteiger partial charge in [0, 0.05) is 5.56 Å². The van der Waals surface area contributed by atoms with Crippen LogP contribution in [0.1, 0.15) is 26.3 Å². The first kappa shape index (κ1) is 15.4. The number of benzene rings is 3. The molecule has 0 fully saturated rings. The van der Waals surface area contributed by atoms with Gasteiger partial charge in [-0.1, -0.05) is 69.3 Å². The van der Waals surface area contributed by atoms with Gasteiger partial charge in [0.15, 0.2) is 0 Å². The van der Waals surface area contributed by atoms with Crippen molar-refractivity contribution in [1.82, 2.24) is 0 Å². The molecule has 0 unspecified atom stereocenters. The van der Waals surface area contributed by atoms with E-state index in [9.17, 15) is 0 Å². The van der Waals surface area contributed by atoms with Crippen LogP contribution in [-0.2, 0) is 5.41 Å². The van der Waals surface area contributed by atoms with Crippen LogP contribution < -0.4 is 4.74 Å². The van der Waals surface area contributed by atoms with Crippen molar-refractivity contribution in [2.45, 2.75) is 26.2 Å². The molecule has 0 heterocycles. The second-order valence-electron chi connectivity index (χ2n) is 6.66. The number of hydrogen-bond donors (Lipinski definition) is 0. The molecule has 0 aromatic heterocycles. The molecule has 0 amide bonds. The zero-order valence-electron chi connectivity index (χ0n) is 13.8. The van der Waals surface area contributed by atoms with Crippen LogP contribution in [0.15, 0.2) is 72.8 Å². The normalized spacial score (nSPS) is 11.3. The van der Waals surface area contributed by atoms with E-state index >= 15 is 0 Å². The summed E-state index contributed by atoms with van der Waals surface area (Å²) in [5.74, 6) is 1.69. The van der Waals surface area contributed by atoms with Crippen molar-refractivity contribution in [3.8, 4) is 22.6 Å². The lowest BCUT2D eigenvalue weighted by Crippen LogP contribution is -2.11. The van der Waals surface area contributed by atoms with Crippen LogP contribution in [0.3, 0.4) is 0 Å². The van der Waals surface area contributed by atoms with Crippen LogP contribution in [0.4, 0.5) is 0 Å². The van der Waals surface area contributed by atoms with E-state index in [2.05, 4.69) is 69.3 Å². The van der Waals surface area contributed by atoms with Gasteiger partial charge in [0.2, 0.25) is 0 Å². The Morgan fingerprint density at radius 1 is 0.826 bits per heavy atom. The van der Waals surface area contributed by atoms with Crippen LogP contribution in [0.5, 0.6) is 11.5 Å². The van der Waals surface area contributed by atoms with Crippen LogP contribution in [0.25, 0.3) is 11.1 Å². The van der Waals surface area contributed by atoms with E-state index in [1.54, 1.807) is 0 Å². The zero-order valence-corrected chi connectivity index (χ0v) is 13.8. The van der Waals surface area contributed by atoms with Crippen molar-refractivity contribution in [2.24, 2.45) is 0 Å². The molecule has 0 bridgehead atoms. The monoisotopic (exact) mass is 301 g/mol. The quantitative estimate of drug-likeness (QED) is 0.556. The zero-order chi connectivity index (χ0) is 16.3. The minimum absolute atomic E-state index is 0.101. The Kier molecular flexibility index (Phi) is 4.20. The topological polar surface area (TPSA) is 9.23 Å². The fourth-order valence-electron chi connectivity index (χ4n) is 2.50. The summed E-state index contributed by atoms with van der Waals surface area (Å²) in [5, 5.41) is 0. The highest BCUT2D eigenvalue weighted by Gasteiger charge is 2.17. The molecule has 1 heteroatoms. The summed E-state index contributed by atoms with van der Waals surface area (Å²) in [7, 11) is 0. The summed E-state index contributed by atoms with van der Waals surface area (Å²) in [6.45, 7) is 6.68. The molecule has 0 N–H and O–H groups in total. The third kappa shape index (κ3) is 3.62. The number of hydrogen-bond acceptors (Lipinski definition) is 1. The van der Waals surface area contributed by atoms with Crippen LogP contribution in [0, 0.1) is 6.07 Å². The SMILES string of the molecule is CC(C)(C)c1ccc(Oc2cc[c]cc2)c(-c2ccccc2)c1. The molecule has 115 valence electrons. The molecule has 0 aliphatic heterocycles. The summed E-state index contributed by atoms with van der Waals surface area (Å²) in [4.78, 5) is 0. The van der Waals surface area contributed by atoms with E-state index in [4.69, 9.17) is 4.74 Å². The van der Waals surface area contributed by atoms with Crippen LogP contribution in [-0.4, -0.2) is 0 Å². The van der Waals surface area contributed by atoms with E-state index in [1.807, 2.05) is 30.3 Å². The lowest BCUT2D eigenvalue weighted by Gasteiger charge is -2.21. The molecule has 0 atom stereocenters. The van der Waals surface area contributed by atoms with Crippen molar-refractivity contribution in [1.29, 1.82) is 0 Å². The molecule has 3 aromatic carbocycles. The maximum absolute atomic E-state index is 6.11. The third-order valence-electron chi connectivity index (χ3n) is 3.85. The Bertz CT molecular complexity index is 768. The van der Waals surface area contributed by atoms with Crippen molar-refractivity contribution in [3.63, 3.8) is 0 Å². The van der Waals surface area contributed by atoms with Gasteiger partial charge in [-0.2, -0.15) is 0 Å². The average Bonchev–Trinajstić information content (AvgIpc) is 2.56. The molecular formula is C22H21O. The second-order valence-corrected chi connectivity index (χ2v) is 6.66. The standard InChI is InChI=1S/C22H21O/c1-22(2,3)18-14-15-21(23-19-12-8-5-9-13-19)20(16-18)17-10-6-4-7-11-17/h4,6-16H,1-3H3. The molecular weight excluding hydrogens is 280 g/mol. The van der Waals surface area contributed by atoms with E-state index in [0.29, 0.717) is 0 Å². The average molecular weight is 301 g/mol. The Balaban J connectivity index is 2.08. The Morgan fingerprint density at radius 2 is 1.52 bits per heavy atom. The minimum atomic E-state index is 0.101.